The zero-order chi connectivity index (χ0) is 26.7. The zero-order valence-corrected chi connectivity index (χ0v) is 20.1. The summed E-state index contributed by atoms with van der Waals surface area (Å²) >= 11 is 0. The number of rotatable bonds is 8. The highest BCUT2D eigenvalue weighted by molar-refractivity contribution is 6.46. The van der Waals surface area contributed by atoms with Crippen LogP contribution in [0.2, 0.25) is 0 Å². The maximum absolute atomic E-state index is 13.3. The third-order valence-corrected chi connectivity index (χ3v) is 5.98. The van der Waals surface area contributed by atoms with E-state index in [4.69, 9.17) is 9.47 Å². The van der Waals surface area contributed by atoms with Crippen LogP contribution in [0.15, 0.2) is 72.3 Å². The van der Waals surface area contributed by atoms with Gasteiger partial charge in [0, 0.05) is 24.2 Å². The van der Waals surface area contributed by atoms with E-state index >= 15 is 0 Å². The minimum Gasteiger partial charge on any atom is -0.507 e. The van der Waals surface area contributed by atoms with Gasteiger partial charge in [-0.05, 0) is 54.4 Å². The van der Waals surface area contributed by atoms with Crippen LogP contribution in [0.3, 0.4) is 0 Å². The minimum absolute atomic E-state index is 0.0221. The van der Waals surface area contributed by atoms with Gasteiger partial charge in [-0.2, -0.15) is 0 Å². The number of likely N-dealkylation sites (tertiary alicyclic amines) is 1. The van der Waals surface area contributed by atoms with Crippen LogP contribution in [0, 0.1) is 10.1 Å². The molecule has 0 spiro atoms. The molecule has 0 saturated carbocycles. The summed E-state index contributed by atoms with van der Waals surface area (Å²) in [5, 5.41) is 32.4. The second kappa shape index (κ2) is 10.4. The highest BCUT2D eigenvalue weighted by atomic mass is 16.6. The van der Waals surface area contributed by atoms with Crippen LogP contribution >= 0.6 is 0 Å². The number of benzene rings is 3. The van der Waals surface area contributed by atoms with Crippen molar-refractivity contribution in [3.8, 4) is 17.2 Å². The monoisotopic (exact) mass is 504 g/mol. The topological polar surface area (TPSA) is 139 Å². The third kappa shape index (κ3) is 4.94. The van der Waals surface area contributed by atoms with Gasteiger partial charge in [0.15, 0.2) is 11.5 Å². The van der Waals surface area contributed by atoms with Crippen molar-refractivity contribution in [2.45, 2.75) is 19.5 Å². The van der Waals surface area contributed by atoms with Crippen LogP contribution in [0.4, 0.5) is 5.69 Å². The summed E-state index contributed by atoms with van der Waals surface area (Å²) in [7, 11) is 1.52. The molecule has 0 radical (unpaired) electrons. The molecule has 0 aromatic heterocycles. The van der Waals surface area contributed by atoms with Crippen molar-refractivity contribution in [3.05, 3.63) is 99.1 Å². The van der Waals surface area contributed by atoms with Crippen LogP contribution in [-0.2, 0) is 16.1 Å². The number of nitrogens with zero attached hydrogens (tertiary/aromatic N) is 2. The Labute approximate surface area is 212 Å². The van der Waals surface area contributed by atoms with Crippen LogP contribution in [0.5, 0.6) is 17.2 Å². The summed E-state index contributed by atoms with van der Waals surface area (Å²) in [4.78, 5) is 38.3. The summed E-state index contributed by atoms with van der Waals surface area (Å²) < 4.78 is 10.8. The molecule has 10 heteroatoms. The lowest BCUT2D eigenvalue weighted by molar-refractivity contribution is -0.384. The first-order chi connectivity index (χ1) is 17.7. The molecule has 1 atom stereocenters. The van der Waals surface area contributed by atoms with E-state index in [9.17, 15) is 29.9 Å². The summed E-state index contributed by atoms with van der Waals surface area (Å²) in [6, 6.07) is 15.4. The van der Waals surface area contributed by atoms with Gasteiger partial charge < -0.3 is 24.6 Å². The Hall–Kier alpha value is -4.86. The molecule has 37 heavy (non-hydrogen) atoms. The van der Waals surface area contributed by atoms with Crippen molar-refractivity contribution < 1.29 is 34.2 Å². The fourth-order valence-electron chi connectivity index (χ4n) is 4.23. The Balaban J connectivity index is 1.87. The number of nitro benzene ring substituents is 1. The van der Waals surface area contributed by atoms with Gasteiger partial charge in [0.05, 0.1) is 30.3 Å². The van der Waals surface area contributed by atoms with Crippen LogP contribution < -0.4 is 9.47 Å². The highest BCUT2D eigenvalue weighted by Crippen LogP contribution is 2.42. The number of phenols is 1. The number of aromatic hydroxyl groups is 1. The second-order valence-corrected chi connectivity index (χ2v) is 8.24. The van der Waals surface area contributed by atoms with Gasteiger partial charge in [-0.25, -0.2) is 0 Å². The Bertz CT molecular complexity index is 1400. The number of Topliss-reactive ketones (excluding diaryl/α,β-unsaturated/α-hetero) is 1. The number of ketones is 1. The molecule has 3 aromatic carbocycles. The summed E-state index contributed by atoms with van der Waals surface area (Å²) in [6.45, 7) is 2.04. The van der Waals surface area contributed by atoms with E-state index in [0.717, 1.165) is 0 Å². The van der Waals surface area contributed by atoms with E-state index in [0.29, 0.717) is 16.9 Å². The molecule has 3 aromatic rings. The van der Waals surface area contributed by atoms with E-state index in [1.54, 1.807) is 31.2 Å². The number of ether oxygens (including phenoxy) is 2. The fraction of sp³-hybridized carbons (Fsp3) is 0.185. The fourth-order valence-corrected chi connectivity index (χ4v) is 4.23. The van der Waals surface area contributed by atoms with Crippen molar-refractivity contribution in [2.24, 2.45) is 0 Å². The number of aliphatic hydroxyl groups is 1. The maximum atomic E-state index is 13.3. The average Bonchev–Trinajstić information content (AvgIpc) is 3.14. The maximum Gasteiger partial charge on any atom is 0.295 e. The quantitative estimate of drug-likeness (QED) is 0.152. The number of hydrogen-bond donors (Lipinski definition) is 2. The largest absolute Gasteiger partial charge is 0.507 e. The average molecular weight is 504 g/mol. The first-order valence-electron chi connectivity index (χ1n) is 11.4. The summed E-state index contributed by atoms with van der Waals surface area (Å²) in [5.41, 5.74) is 0.873. The Morgan fingerprint density at radius 3 is 2.46 bits per heavy atom. The molecule has 0 aliphatic carbocycles. The molecule has 1 unspecified atom stereocenters. The van der Waals surface area contributed by atoms with Gasteiger partial charge in [0.1, 0.15) is 11.5 Å². The van der Waals surface area contributed by atoms with Crippen molar-refractivity contribution in [2.75, 3.05) is 13.7 Å². The molecule has 0 bridgehead atoms. The standard InChI is InChI=1S/C27H24N2O8/c1-3-37-22-14-18(9-12-21(22)30)24-23(25(31)17-7-10-19(11-8-17)29(34)35)26(32)27(33)28(24)15-16-5-4-6-20(13-16)36-2/h4-14,24,30-31H,3,15H2,1-2H3/b25-23-. The number of carbonyl (C=O) groups excluding carboxylic acids is 2. The summed E-state index contributed by atoms with van der Waals surface area (Å²) in [6.07, 6.45) is 0. The molecule has 2 N–H and O–H groups in total. The Morgan fingerprint density at radius 1 is 1.08 bits per heavy atom. The first-order valence-corrected chi connectivity index (χ1v) is 11.4. The van der Waals surface area contributed by atoms with Gasteiger partial charge in [-0.15, -0.1) is 0 Å². The van der Waals surface area contributed by atoms with Gasteiger partial charge in [0.2, 0.25) is 0 Å². The molecule has 1 aliphatic heterocycles. The number of aliphatic hydroxyl groups excluding tert-OH is 1. The number of carbonyl (C=O) groups is 2. The molecule has 1 amide bonds. The van der Waals surface area contributed by atoms with E-state index in [1.807, 2.05) is 0 Å². The van der Waals surface area contributed by atoms with Gasteiger partial charge in [0.25, 0.3) is 17.4 Å². The molecule has 1 heterocycles. The molecule has 10 nitrogen and oxygen atoms in total. The summed E-state index contributed by atoms with van der Waals surface area (Å²) in [5.74, 6) is -1.61. The number of hydrogen-bond acceptors (Lipinski definition) is 8. The normalized spacial score (nSPS) is 16.6. The highest BCUT2D eigenvalue weighted by Gasteiger charge is 2.46. The molecule has 4 rings (SSSR count). The molecule has 1 fully saturated rings. The predicted molar refractivity (Wildman–Crippen MR) is 133 cm³/mol. The van der Waals surface area contributed by atoms with Gasteiger partial charge >= 0.3 is 0 Å². The van der Waals surface area contributed by atoms with Gasteiger partial charge in [-0.3, -0.25) is 19.7 Å². The van der Waals surface area contributed by atoms with E-state index in [-0.39, 0.29) is 41.5 Å². The number of methoxy groups -OCH3 is 1. The Kier molecular flexibility index (Phi) is 7.10. The first kappa shape index (κ1) is 25.2. The SMILES string of the molecule is CCOc1cc(C2/C(=C(/O)c3ccc([N+](=O)[O-])cc3)C(=O)C(=O)N2Cc2cccc(OC)c2)ccc1O. The van der Waals surface area contributed by atoms with E-state index in [2.05, 4.69) is 0 Å². The minimum atomic E-state index is -1.03. The van der Waals surface area contributed by atoms with Gasteiger partial charge in [-0.1, -0.05) is 18.2 Å². The lowest BCUT2D eigenvalue weighted by Crippen LogP contribution is -2.29. The lowest BCUT2D eigenvalue weighted by Gasteiger charge is -2.26. The number of amides is 1. The van der Waals surface area contributed by atoms with Crippen molar-refractivity contribution in [3.63, 3.8) is 0 Å². The van der Waals surface area contributed by atoms with Crippen LogP contribution in [-0.4, -0.2) is 45.4 Å². The predicted octanol–water partition coefficient (Wildman–Crippen LogP) is 4.33. The van der Waals surface area contributed by atoms with Crippen molar-refractivity contribution in [1.82, 2.24) is 4.90 Å². The smallest absolute Gasteiger partial charge is 0.295 e. The number of nitro groups is 1. The number of phenolic OH excluding ortho intramolecular Hbond substituents is 1. The molecule has 1 aliphatic rings. The molecular formula is C27H24N2O8. The molecule has 190 valence electrons. The van der Waals surface area contributed by atoms with E-state index < -0.39 is 28.4 Å². The third-order valence-electron chi connectivity index (χ3n) is 5.98. The lowest BCUT2D eigenvalue weighted by atomic mass is 9.94. The second-order valence-electron chi connectivity index (χ2n) is 8.24. The van der Waals surface area contributed by atoms with Crippen LogP contribution in [0.25, 0.3) is 5.76 Å². The van der Waals surface area contributed by atoms with E-state index in [1.165, 1.54) is 54.5 Å². The van der Waals surface area contributed by atoms with Crippen LogP contribution in [0.1, 0.15) is 29.7 Å². The molecule has 1 saturated heterocycles. The van der Waals surface area contributed by atoms with Crippen molar-refractivity contribution in [1.29, 1.82) is 0 Å². The number of non-ortho nitro benzene ring substituents is 1. The molecular weight excluding hydrogens is 480 g/mol. The Morgan fingerprint density at radius 2 is 1.81 bits per heavy atom. The van der Waals surface area contributed by atoms with Crippen molar-refractivity contribution >= 4 is 23.1 Å². The zero-order valence-electron chi connectivity index (χ0n) is 20.1.